The summed E-state index contributed by atoms with van der Waals surface area (Å²) in [5.74, 6) is 2.73. The molecule has 0 N–H and O–H groups in total. The van der Waals surface area contributed by atoms with Gasteiger partial charge in [-0.05, 0) is 18.2 Å². The quantitative estimate of drug-likeness (QED) is 0.812. The molecule has 0 atom stereocenters. The standard InChI is InChI=1S/C13H14NO3/c1-14-8-4-5-13(14)17-10-6-7-11(15-2)12(9-10)16-3/h4-7,9H,1-3H3. The molecule has 4 nitrogen and oxygen atoms in total. The highest BCUT2D eigenvalue weighted by molar-refractivity contribution is 5.46. The number of ether oxygens (including phenoxy) is 3. The molecule has 17 heavy (non-hydrogen) atoms. The molecule has 0 saturated heterocycles. The van der Waals surface area contributed by atoms with Gasteiger partial charge < -0.3 is 18.8 Å². The second-order valence-electron chi connectivity index (χ2n) is 3.48. The summed E-state index contributed by atoms with van der Waals surface area (Å²) >= 11 is 0. The molecule has 0 bridgehead atoms. The molecule has 0 unspecified atom stereocenters. The second-order valence-corrected chi connectivity index (χ2v) is 3.48. The van der Waals surface area contributed by atoms with Crippen molar-refractivity contribution in [3.63, 3.8) is 0 Å². The molecule has 0 aliphatic rings. The van der Waals surface area contributed by atoms with Crippen LogP contribution in [-0.4, -0.2) is 18.8 Å². The lowest BCUT2D eigenvalue weighted by atomic mass is 10.3. The average Bonchev–Trinajstić information content (AvgIpc) is 2.75. The Hall–Kier alpha value is -2.10. The monoisotopic (exact) mass is 232 g/mol. The number of hydrogen-bond acceptors (Lipinski definition) is 3. The van der Waals surface area contributed by atoms with Crippen LogP contribution in [0.4, 0.5) is 0 Å². The summed E-state index contributed by atoms with van der Waals surface area (Å²) < 4.78 is 17.8. The molecule has 1 aromatic heterocycles. The first-order chi connectivity index (χ1) is 8.24. The topological polar surface area (TPSA) is 32.6 Å². The number of benzene rings is 1. The fourth-order valence-electron chi connectivity index (χ4n) is 1.50. The number of methoxy groups -OCH3 is 2. The van der Waals surface area contributed by atoms with Crippen LogP contribution in [0.3, 0.4) is 0 Å². The van der Waals surface area contributed by atoms with Crippen LogP contribution in [0.1, 0.15) is 0 Å². The van der Waals surface area contributed by atoms with Gasteiger partial charge in [-0.2, -0.15) is 0 Å². The van der Waals surface area contributed by atoms with E-state index in [-0.39, 0.29) is 0 Å². The normalized spacial score (nSPS) is 10.1. The first-order valence-corrected chi connectivity index (χ1v) is 5.18. The third-order valence-electron chi connectivity index (χ3n) is 2.40. The molecule has 0 spiro atoms. The van der Waals surface area contributed by atoms with E-state index in [9.17, 15) is 0 Å². The van der Waals surface area contributed by atoms with Crippen molar-refractivity contribution in [1.82, 2.24) is 4.57 Å². The Labute approximate surface area is 100 Å². The van der Waals surface area contributed by atoms with Crippen LogP contribution in [0.2, 0.25) is 0 Å². The maximum absolute atomic E-state index is 5.69. The molecule has 2 rings (SSSR count). The summed E-state index contributed by atoms with van der Waals surface area (Å²) in [5, 5.41) is 0. The van der Waals surface area contributed by atoms with Crippen molar-refractivity contribution in [1.29, 1.82) is 0 Å². The smallest absolute Gasteiger partial charge is 0.200 e. The Morgan fingerprint density at radius 1 is 1.06 bits per heavy atom. The number of nitrogens with zero attached hydrogens (tertiary/aromatic N) is 1. The predicted octanol–water partition coefficient (Wildman–Crippen LogP) is 2.63. The minimum atomic E-state index is 0.642. The van der Waals surface area contributed by atoms with Crippen LogP contribution < -0.4 is 14.2 Å². The summed E-state index contributed by atoms with van der Waals surface area (Å²) in [4.78, 5) is 0. The third-order valence-corrected chi connectivity index (χ3v) is 2.40. The number of aryl methyl sites for hydroxylation is 1. The molecule has 0 fully saturated rings. The van der Waals surface area contributed by atoms with E-state index < -0.39 is 0 Å². The zero-order valence-electron chi connectivity index (χ0n) is 10.1. The van der Waals surface area contributed by atoms with Crippen LogP contribution in [-0.2, 0) is 7.05 Å². The Morgan fingerprint density at radius 2 is 1.82 bits per heavy atom. The average molecular weight is 232 g/mol. The highest BCUT2D eigenvalue weighted by Crippen LogP contribution is 2.32. The number of aromatic nitrogens is 1. The maximum Gasteiger partial charge on any atom is 0.200 e. The molecule has 0 amide bonds. The molecule has 89 valence electrons. The van der Waals surface area contributed by atoms with Gasteiger partial charge in [0.05, 0.1) is 20.4 Å². The van der Waals surface area contributed by atoms with Crippen LogP contribution in [0.5, 0.6) is 23.1 Å². The second kappa shape index (κ2) is 4.82. The number of rotatable bonds is 4. The third kappa shape index (κ3) is 2.36. The highest BCUT2D eigenvalue weighted by atomic mass is 16.5. The van der Waals surface area contributed by atoms with E-state index in [0.717, 1.165) is 5.88 Å². The van der Waals surface area contributed by atoms with Gasteiger partial charge in [0.1, 0.15) is 5.75 Å². The summed E-state index contributed by atoms with van der Waals surface area (Å²) in [7, 11) is 5.07. The van der Waals surface area contributed by atoms with Gasteiger partial charge in [0.2, 0.25) is 0 Å². The lowest BCUT2D eigenvalue weighted by Crippen LogP contribution is -1.94. The van der Waals surface area contributed by atoms with Crippen molar-refractivity contribution in [3.05, 3.63) is 36.5 Å². The fraction of sp³-hybridized carbons (Fsp3) is 0.231. The summed E-state index contributed by atoms with van der Waals surface area (Å²) in [6, 6.07) is 9.06. The first kappa shape index (κ1) is 11.4. The van der Waals surface area contributed by atoms with Gasteiger partial charge in [-0.3, -0.25) is 0 Å². The van der Waals surface area contributed by atoms with Crippen molar-refractivity contribution >= 4 is 0 Å². The van der Waals surface area contributed by atoms with Gasteiger partial charge in [0.25, 0.3) is 0 Å². The summed E-state index contributed by atoms with van der Waals surface area (Å²) in [6.45, 7) is 0. The van der Waals surface area contributed by atoms with Crippen molar-refractivity contribution in [2.75, 3.05) is 14.2 Å². The fourth-order valence-corrected chi connectivity index (χ4v) is 1.50. The van der Waals surface area contributed by atoms with Gasteiger partial charge in [-0.15, -0.1) is 0 Å². The Bertz CT molecular complexity index is 505. The van der Waals surface area contributed by atoms with E-state index in [1.165, 1.54) is 0 Å². The zero-order valence-corrected chi connectivity index (χ0v) is 10.1. The van der Waals surface area contributed by atoms with E-state index in [0.29, 0.717) is 17.2 Å². The van der Waals surface area contributed by atoms with Crippen LogP contribution in [0.15, 0.2) is 30.3 Å². The van der Waals surface area contributed by atoms with E-state index in [1.54, 1.807) is 37.0 Å². The maximum atomic E-state index is 5.69. The van der Waals surface area contributed by atoms with Gasteiger partial charge in [-0.1, -0.05) is 0 Å². The van der Waals surface area contributed by atoms with Crippen molar-refractivity contribution in [2.45, 2.75) is 0 Å². The van der Waals surface area contributed by atoms with Gasteiger partial charge >= 0.3 is 0 Å². The molecule has 2 aromatic rings. The molecule has 0 aliphatic heterocycles. The molecular formula is C13H14NO3. The van der Waals surface area contributed by atoms with E-state index >= 15 is 0 Å². The highest BCUT2D eigenvalue weighted by Gasteiger charge is 2.07. The van der Waals surface area contributed by atoms with E-state index in [2.05, 4.69) is 6.20 Å². The van der Waals surface area contributed by atoms with Gasteiger partial charge in [0.15, 0.2) is 17.4 Å². The van der Waals surface area contributed by atoms with E-state index in [1.807, 2.05) is 19.2 Å². The molecule has 1 radical (unpaired) electrons. The molecular weight excluding hydrogens is 218 g/mol. The molecule has 0 saturated carbocycles. The minimum absolute atomic E-state index is 0.642. The Balaban J connectivity index is 2.25. The SMILES string of the molecule is COc1ccc(Oc2cc[c]n2C)cc1OC. The Morgan fingerprint density at radius 3 is 2.41 bits per heavy atom. The van der Waals surface area contributed by atoms with Crippen LogP contribution in [0, 0.1) is 6.20 Å². The lowest BCUT2D eigenvalue weighted by molar-refractivity contribution is 0.351. The largest absolute Gasteiger partial charge is 0.493 e. The van der Waals surface area contributed by atoms with Gasteiger partial charge in [-0.25, -0.2) is 0 Å². The van der Waals surface area contributed by atoms with Crippen molar-refractivity contribution in [2.24, 2.45) is 7.05 Å². The minimum Gasteiger partial charge on any atom is -0.493 e. The predicted molar refractivity (Wildman–Crippen MR) is 63.9 cm³/mol. The summed E-state index contributed by atoms with van der Waals surface area (Å²) in [5.41, 5.74) is 0. The van der Waals surface area contributed by atoms with Crippen molar-refractivity contribution < 1.29 is 14.2 Å². The molecule has 1 aromatic carbocycles. The Kier molecular flexibility index (Phi) is 3.23. The van der Waals surface area contributed by atoms with Crippen LogP contribution in [0.25, 0.3) is 0 Å². The lowest BCUT2D eigenvalue weighted by Gasteiger charge is -2.10. The summed E-state index contributed by atoms with van der Waals surface area (Å²) in [6.07, 6.45) is 2.98. The first-order valence-electron chi connectivity index (χ1n) is 5.18. The number of hydrogen-bond donors (Lipinski definition) is 0. The van der Waals surface area contributed by atoms with E-state index in [4.69, 9.17) is 14.2 Å². The molecule has 0 aliphatic carbocycles. The van der Waals surface area contributed by atoms with Crippen molar-refractivity contribution in [3.8, 4) is 23.1 Å². The van der Waals surface area contributed by atoms with Crippen LogP contribution >= 0.6 is 0 Å². The molecule has 1 heterocycles. The zero-order chi connectivity index (χ0) is 12.3. The molecule has 4 heteroatoms. The van der Waals surface area contributed by atoms with Gasteiger partial charge in [0, 0.05) is 19.2 Å².